The first kappa shape index (κ1) is 33.5. The SMILES string of the molecule is CC1(C)OC[C@H](CP(=O)(CCCCCCCCCCCOC(=O)ON2C(=O)CCC2=O)Oc2ccc([N+](=O)[O-])cc2)O1. The topological polar surface area (TPSA) is 161 Å². The van der Waals surface area contributed by atoms with Gasteiger partial charge in [-0.2, -0.15) is 0 Å². The van der Waals surface area contributed by atoms with Gasteiger partial charge in [0.15, 0.2) is 5.79 Å². The lowest BCUT2D eigenvalue weighted by Gasteiger charge is -2.23. The predicted molar refractivity (Wildman–Crippen MR) is 151 cm³/mol. The highest BCUT2D eigenvalue weighted by Gasteiger charge is 2.38. The number of unbranched alkanes of at least 4 members (excludes halogenated alkanes) is 8. The zero-order valence-electron chi connectivity index (χ0n) is 24.3. The third-order valence-electron chi connectivity index (χ3n) is 6.90. The Morgan fingerprint density at radius 2 is 1.57 bits per heavy atom. The van der Waals surface area contributed by atoms with Gasteiger partial charge in [0.2, 0.25) is 0 Å². The number of nitro benzene ring substituents is 1. The second kappa shape index (κ2) is 16.0. The van der Waals surface area contributed by atoms with Gasteiger partial charge in [-0.05, 0) is 38.8 Å². The van der Waals surface area contributed by atoms with Gasteiger partial charge in [0.1, 0.15) is 5.75 Å². The minimum Gasteiger partial charge on any atom is -0.443 e. The van der Waals surface area contributed by atoms with Crippen molar-refractivity contribution in [1.82, 2.24) is 5.06 Å². The van der Waals surface area contributed by atoms with E-state index in [-0.39, 0.29) is 37.4 Å². The number of benzene rings is 1. The Hall–Kier alpha value is -3.02. The summed E-state index contributed by atoms with van der Waals surface area (Å²) >= 11 is 0. The van der Waals surface area contributed by atoms with Gasteiger partial charge in [0, 0.05) is 31.1 Å². The number of carbonyl (C=O) groups excluding carboxylic acids is 3. The zero-order valence-corrected chi connectivity index (χ0v) is 25.2. The molecule has 2 fully saturated rings. The number of hydrogen-bond acceptors (Lipinski definition) is 11. The molecule has 0 spiro atoms. The maximum absolute atomic E-state index is 13.8. The first-order valence-corrected chi connectivity index (χ1v) is 16.5. The van der Waals surface area contributed by atoms with Crippen molar-refractivity contribution in [3.8, 4) is 5.75 Å². The van der Waals surface area contributed by atoms with Crippen molar-refractivity contribution in [2.75, 3.05) is 25.5 Å². The van der Waals surface area contributed by atoms with Gasteiger partial charge in [0.25, 0.3) is 24.9 Å². The Morgan fingerprint density at radius 1 is 1.00 bits per heavy atom. The summed E-state index contributed by atoms with van der Waals surface area (Å²) in [5, 5.41) is 11.4. The van der Waals surface area contributed by atoms with Crippen LogP contribution >= 0.6 is 7.37 Å². The Bertz CT molecular complexity index is 1110. The summed E-state index contributed by atoms with van der Waals surface area (Å²) in [5.74, 6) is -1.49. The smallest absolute Gasteiger partial charge is 0.443 e. The molecule has 2 heterocycles. The van der Waals surface area contributed by atoms with Crippen LogP contribution in [0.3, 0.4) is 0 Å². The van der Waals surface area contributed by atoms with E-state index in [9.17, 15) is 29.1 Å². The summed E-state index contributed by atoms with van der Waals surface area (Å²) in [6, 6.07) is 5.61. The molecule has 42 heavy (non-hydrogen) atoms. The summed E-state index contributed by atoms with van der Waals surface area (Å²) in [5.41, 5.74) is -0.0603. The van der Waals surface area contributed by atoms with Crippen LogP contribution in [0.5, 0.6) is 5.75 Å². The molecule has 3 rings (SSSR count). The lowest BCUT2D eigenvalue weighted by atomic mass is 10.1. The van der Waals surface area contributed by atoms with Crippen LogP contribution in [0, 0.1) is 10.1 Å². The molecule has 2 atom stereocenters. The Kier molecular flexibility index (Phi) is 12.8. The van der Waals surface area contributed by atoms with E-state index < -0.39 is 36.0 Å². The predicted octanol–water partition coefficient (Wildman–Crippen LogP) is 6.13. The minimum atomic E-state index is -3.14. The van der Waals surface area contributed by atoms with Gasteiger partial charge in [-0.25, -0.2) is 4.79 Å². The quantitative estimate of drug-likeness (QED) is 0.0468. The van der Waals surface area contributed by atoms with Gasteiger partial charge in [0.05, 0.1) is 30.4 Å². The van der Waals surface area contributed by atoms with Gasteiger partial charge < -0.3 is 18.7 Å². The van der Waals surface area contributed by atoms with Crippen LogP contribution < -0.4 is 4.52 Å². The summed E-state index contributed by atoms with van der Waals surface area (Å²) in [6.07, 6.45) is 7.56. The van der Waals surface area contributed by atoms with E-state index in [2.05, 4.69) is 4.84 Å². The third kappa shape index (κ3) is 11.3. The molecular formula is C28H41N2O11P. The third-order valence-corrected chi connectivity index (χ3v) is 9.41. The lowest BCUT2D eigenvalue weighted by Crippen LogP contribution is -2.32. The lowest BCUT2D eigenvalue weighted by molar-refractivity contribution is -0.384. The fourth-order valence-corrected chi connectivity index (χ4v) is 7.12. The van der Waals surface area contributed by atoms with Crippen LogP contribution in [-0.4, -0.2) is 65.4 Å². The minimum absolute atomic E-state index is 0.0376. The average molecular weight is 613 g/mol. The van der Waals surface area contributed by atoms with Gasteiger partial charge in [-0.3, -0.25) is 29.1 Å². The van der Waals surface area contributed by atoms with Gasteiger partial charge >= 0.3 is 6.16 Å². The van der Waals surface area contributed by atoms with Gasteiger partial charge in [-0.15, -0.1) is 0 Å². The molecule has 1 aromatic carbocycles. The zero-order chi connectivity index (χ0) is 30.6. The first-order chi connectivity index (χ1) is 20.0. The van der Waals surface area contributed by atoms with Crippen LogP contribution in [0.25, 0.3) is 0 Å². The normalized spacial score (nSPS) is 19.5. The van der Waals surface area contributed by atoms with Crippen molar-refractivity contribution in [1.29, 1.82) is 0 Å². The second-order valence-corrected chi connectivity index (χ2v) is 13.6. The van der Waals surface area contributed by atoms with Crippen LogP contribution in [0.1, 0.15) is 84.5 Å². The fraction of sp³-hybridized carbons (Fsp3) is 0.679. The molecule has 14 heteroatoms. The molecule has 234 valence electrons. The number of nitrogens with zero attached hydrogens (tertiary/aromatic N) is 2. The number of carbonyl (C=O) groups is 3. The molecular weight excluding hydrogens is 571 g/mol. The molecule has 0 aliphatic carbocycles. The summed E-state index contributed by atoms with van der Waals surface area (Å²) in [4.78, 5) is 49.6. The van der Waals surface area contributed by atoms with E-state index >= 15 is 0 Å². The number of ether oxygens (including phenoxy) is 3. The molecule has 2 aliphatic heterocycles. The molecule has 13 nitrogen and oxygen atoms in total. The van der Waals surface area contributed by atoms with Crippen LogP contribution in [0.4, 0.5) is 10.5 Å². The molecule has 1 unspecified atom stereocenters. The monoisotopic (exact) mass is 612 g/mol. The number of hydroxylamine groups is 2. The molecule has 0 radical (unpaired) electrons. The molecule has 0 saturated carbocycles. The molecule has 2 amide bonds. The standard InChI is InChI=1S/C28H41N2O11P/c1-28(2)38-20-24(39-28)21-42(36,41-23-14-12-22(13-15-23)30(34)35)19-11-9-7-5-3-4-6-8-10-18-37-27(33)40-29-25(31)16-17-26(29)32/h12-15,24H,3-11,16-21H2,1-2H3/t24-,42?/m1/s1. The second-order valence-electron chi connectivity index (χ2n) is 11.0. The summed E-state index contributed by atoms with van der Waals surface area (Å²) < 4.78 is 36.2. The molecule has 0 bridgehead atoms. The highest BCUT2D eigenvalue weighted by Crippen LogP contribution is 2.50. The van der Waals surface area contributed by atoms with Crippen molar-refractivity contribution >= 4 is 31.0 Å². The van der Waals surface area contributed by atoms with E-state index in [0.717, 1.165) is 51.4 Å². The van der Waals surface area contributed by atoms with E-state index in [0.29, 0.717) is 30.0 Å². The molecule has 1 aromatic rings. The first-order valence-electron chi connectivity index (χ1n) is 14.5. The molecule has 0 aromatic heterocycles. The van der Waals surface area contributed by atoms with Crippen LogP contribution in [0.15, 0.2) is 24.3 Å². The number of non-ortho nitro benzene ring substituents is 1. The van der Waals surface area contributed by atoms with Crippen molar-refractivity contribution in [3.05, 3.63) is 34.4 Å². The van der Waals surface area contributed by atoms with Crippen molar-refractivity contribution in [2.24, 2.45) is 0 Å². The maximum atomic E-state index is 13.8. The highest BCUT2D eigenvalue weighted by atomic mass is 31.2. The maximum Gasteiger partial charge on any atom is 0.533 e. The Labute approximate surface area is 245 Å². The number of amides is 2. The van der Waals surface area contributed by atoms with Crippen molar-refractivity contribution < 1.29 is 47.4 Å². The van der Waals surface area contributed by atoms with E-state index in [1.165, 1.54) is 24.3 Å². The van der Waals surface area contributed by atoms with Crippen molar-refractivity contribution in [2.45, 2.75) is 96.4 Å². The number of nitro groups is 1. The summed E-state index contributed by atoms with van der Waals surface area (Å²) in [6.45, 7) is 4.11. The molecule has 0 N–H and O–H groups in total. The Balaban J connectivity index is 1.28. The van der Waals surface area contributed by atoms with E-state index in [4.69, 9.17) is 18.7 Å². The largest absolute Gasteiger partial charge is 0.533 e. The number of imide groups is 1. The van der Waals surface area contributed by atoms with Crippen LogP contribution in [-0.2, 0) is 33.2 Å². The number of hydrogen-bond donors (Lipinski definition) is 0. The Morgan fingerprint density at radius 3 is 2.12 bits per heavy atom. The average Bonchev–Trinajstić information content (AvgIpc) is 3.43. The molecule has 2 saturated heterocycles. The highest BCUT2D eigenvalue weighted by molar-refractivity contribution is 7.59. The van der Waals surface area contributed by atoms with E-state index in [1.807, 2.05) is 13.8 Å². The molecule has 2 aliphatic rings. The van der Waals surface area contributed by atoms with Gasteiger partial charge in [-0.1, -0.05) is 50.0 Å². The van der Waals surface area contributed by atoms with E-state index in [1.54, 1.807) is 0 Å². The fourth-order valence-electron chi connectivity index (χ4n) is 4.76. The van der Waals surface area contributed by atoms with Crippen molar-refractivity contribution in [3.63, 3.8) is 0 Å². The van der Waals surface area contributed by atoms with Crippen LogP contribution in [0.2, 0.25) is 0 Å². The number of rotatable bonds is 18. The summed E-state index contributed by atoms with van der Waals surface area (Å²) in [7, 11) is -3.14.